The quantitative estimate of drug-likeness (QED) is 0.591. The summed E-state index contributed by atoms with van der Waals surface area (Å²) in [5.74, 6) is -0.258. The van der Waals surface area contributed by atoms with E-state index < -0.39 is 0 Å². The molecule has 0 aliphatic carbocycles. The Bertz CT molecular complexity index is 311. The van der Waals surface area contributed by atoms with Crippen LogP contribution in [0.15, 0.2) is 30.3 Å². The molecule has 3 heteroatoms. The highest BCUT2D eigenvalue weighted by Crippen LogP contribution is 2.00. The number of benzene rings is 1. The SMILES string of the molecule is CC[C@@H](C)NCCOC(=O)c1ccccc1. The number of carbonyl (C=O) groups excluding carboxylic acids is 1. The molecule has 0 aromatic heterocycles. The Morgan fingerprint density at radius 3 is 2.69 bits per heavy atom. The van der Waals surface area contributed by atoms with E-state index in [-0.39, 0.29) is 5.97 Å². The lowest BCUT2D eigenvalue weighted by molar-refractivity contribution is 0.0506. The summed E-state index contributed by atoms with van der Waals surface area (Å²) in [4.78, 5) is 11.5. The molecule has 0 heterocycles. The lowest BCUT2D eigenvalue weighted by Gasteiger charge is -2.11. The van der Waals surface area contributed by atoms with E-state index >= 15 is 0 Å². The second-order valence-electron chi connectivity index (χ2n) is 3.77. The van der Waals surface area contributed by atoms with Gasteiger partial charge >= 0.3 is 5.97 Å². The molecule has 88 valence electrons. The topological polar surface area (TPSA) is 38.3 Å². The van der Waals surface area contributed by atoms with Gasteiger partial charge in [0.15, 0.2) is 0 Å². The normalized spacial score (nSPS) is 12.1. The van der Waals surface area contributed by atoms with Gasteiger partial charge in [-0.05, 0) is 25.5 Å². The second-order valence-corrected chi connectivity index (χ2v) is 3.77. The number of ether oxygens (including phenoxy) is 1. The monoisotopic (exact) mass is 221 g/mol. The van der Waals surface area contributed by atoms with Gasteiger partial charge in [0.1, 0.15) is 6.61 Å². The number of rotatable bonds is 6. The average Bonchev–Trinajstić information content (AvgIpc) is 2.35. The van der Waals surface area contributed by atoms with Crippen molar-refractivity contribution in [3.8, 4) is 0 Å². The minimum absolute atomic E-state index is 0.258. The third-order valence-electron chi connectivity index (χ3n) is 2.45. The van der Waals surface area contributed by atoms with Crippen LogP contribution < -0.4 is 5.32 Å². The molecule has 0 amide bonds. The molecule has 0 spiro atoms. The minimum atomic E-state index is -0.258. The predicted octanol–water partition coefficient (Wildman–Crippen LogP) is 2.23. The van der Waals surface area contributed by atoms with E-state index in [0.29, 0.717) is 24.8 Å². The first-order valence-electron chi connectivity index (χ1n) is 5.69. The van der Waals surface area contributed by atoms with Gasteiger partial charge in [-0.3, -0.25) is 0 Å². The van der Waals surface area contributed by atoms with E-state index in [1.807, 2.05) is 18.2 Å². The summed E-state index contributed by atoms with van der Waals surface area (Å²) >= 11 is 0. The zero-order valence-corrected chi connectivity index (χ0v) is 9.90. The third-order valence-corrected chi connectivity index (χ3v) is 2.45. The molecule has 0 aliphatic rings. The molecule has 1 rings (SSSR count). The standard InChI is InChI=1S/C13H19NO2/c1-3-11(2)14-9-10-16-13(15)12-7-5-4-6-8-12/h4-8,11,14H,3,9-10H2,1-2H3/t11-/m1/s1. The minimum Gasteiger partial charge on any atom is -0.461 e. The van der Waals surface area contributed by atoms with Crippen LogP contribution in [0.4, 0.5) is 0 Å². The average molecular weight is 221 g/mol. The molecule has 0 bridgehead atoms. The Hall–Kier alpha value is -1.35. The molecular weight excluding hydrogens is 202 g/mol. The molecule has 1 atom stereocenters. The van der Waals surface area contributed by atoms with Crippen LogP contribution in [0.1, 0.15) is 30.6 Å². The van der Waals surface area contributed by atoms with Crippen LogP contribution in [-0.4, -0.2) is 25.2 Å². The molecule has 0 aliphatic heterocycles. The predicted molar refractivity (Wildman–Crippen MR) is 64.5 cm³/mol. The van der Waals surface area contributed by atoms with Gasteiger partial charge in [-0.25, -0.2) is 4.79 Å². The number of esters is 1. The molecule has 1 N–H and O–H groups in total. The number of carbonyl (C=O) groups is 1. The van der Waals surface area contributed by atoms with Gasteiger partial charge in [-0.2, -0.15) is 0 Å². The number of hydrogen-bond acceptors (Lipinski definition) is 3. The van der Waals surface area contributed by atoms with Crippen molar-refractivity contribution in [2.45, 2.75) is 26.3 Å². The zero-order chi connectivity index (χ0) is 11.8. The van der Waals surface area contributed by atoms with Crippen LogP contribution in [0.5, 0.6) is 0 Å². The van der Waals surface area contributed by atoms with Gasteiger partial charge in [0.2, 0.25) is 0 Å². The van der Waals surface area contributed by atoms with Gasteiger partial charge in [-0.15, -0.1) is 0 Å². The van der Waals surface area contributed by atoms with Gasteiger partial charge in [-0.1, -0.05) is 25.1 Å². The molecule has 16 heavy (non-hydrogen) atoms. The fourth-order valence-corrected chi connectivity index (χ4v) is 1.25. The number of hydrogen-bond donors (Lipinski definition) is 1. The van der Waals surface area contributed by atoms with Crippen LogP contribution in [-0.2, 0) is 4.74 Å². The van der Waals surface area contributed by atoms with Crippen LogP contribution in [0, 0.1) is 0 Å². The maximum Gasteiger partial charge on any atom is 0.338 e. The first kappa shape index (κ1) is 12.7. The molecule has 1 aromatic carbocycles. The lowest BCUT2D eigenvalue weighted by Crippen LogP contribution is -2.29. The van der Waals surface area contributed by atoms with Crippen molar-refractivity contribution in [1.82, 2.24) is 5.32 Å². The molecule has 0 saturated heterocycles. The second kappa shape index (κ2) is 7.01. The zero-order valence-electron chi connectivity index (χ0n) is 9.90. The molecule has 3 nitrogen and oxygen atoms in total. The summed E-state index contributed by atoms with van der Waals surface area (Å²) in [6.07, 6.45) is 1.08. The summed E-state index contributed by atoms with van der Waals surface area (Å²) in [5.41, 5.74) is 0.603. The Kier molecular flexibility index (Phi) is 5.57. The Balaban J connectivity index is 2.21. The highest BCUT2D eigenvalue weighted by molar-refractivity contribution is 5.89. The summed E-state index contributed by atoms with van der Waals surface area (Å²) < 4.78 is 5.12. The van der Waals surface area contributed by atoms with Crippen LogP contribution >= 0.6 is 0 Å². The van der Waals surface area contributed by atoms with E-state index in [1.165, 1.54) is 0 Å². The first-order chi connectivity index (χ1) is 7.74. The highest BCUT2D eigenvalue weighted by atomic mass is 16.5. The number of nitrogens with one attached hydrogen (secondary N) is 1. The highest BCUT2D eigenvalue weighted by Gasteiger charge is 2.05. The first-order valence-corrected chi connectivity index (χ1v) is 5.69. The molecule has 0 radical (unpaired) electrons. The van der Waals surface area contributed by atoms with E-state index in [4.69, 9.17) is 4.74 Å². The van der Waals surface area contributed by atoms with E-state index in [2.05, 4.69) is 19.2 Å². The van der Waals surface area contributed by atoms with Crippen LogP contribution in [0.2, 0.25) is 0 Å². The Morgan fingerprint density at radius 1 is 1.38 bits per heavy atom. The van der Waals surface area contributed by atoms with Crippen molar-refractivity contribution in [3.05, 3.63) is 35.9 Å². The van der Waals surface area contributed by atoms with Crippen molar-refractivity contribution >= 4 is 5.97 Å². The lowest BCUT2D eigenvalue weighted by atomic mass is 10.2. The maximum atomic E-state index is 11.5. The molecule has 0 saturated carbocycles. The Labute approximate surface area is 96.8 Å². The summed E-state index contributed by atoms with van der Waals surface area (Å²) in [5, 5.41) is 3.26. The summed E-state index contributed by atoms with van der Waals surface area (Å²) in [7, 11) is 0. The van der Waals surface area contributed by atoms with Crippen molar-refractivity contribution in [3.63, 3.8) is 0 Å². The molecule has 1 aromatic rings. The largest absolute Gasteiger partial charge is 0.461 e. The maximum absolute atomic E-state index is 11.5. The Morgan fingerprint density at radius 2 is 2.06 bits per heavy atom. The van der Waals surface area contributed by atoms with Crippen LogP contribution in [0.3, 0.4) is 0 Å². The van der Waals surface area contributed by atoms with Crippen LogP contribution in [0.25, 0.3) is 0 Å². The fourth-order valence-electron chi connectivity index (χ4n) is 1.25. The van der Waals surface area contributed by atoms with Gasteiger partial charge in [0.25, 0.3) is 0 Å². The van der Waals surface area contributed by atoms with Gasteiger partial charge in [0.05, 0.1) is 5.56 Å². The van der Waals surface area contributed by atoms with Crippen molar-refractivity contribution < 1.29 is 9.53 Å². The van der Waals surface area contributed by atoms with E-state index in [1.54, 1.807) is 12.1 Å². The smallest absolute Gasteiger partial charge is 0.338 e. The fraction of sp³-hybridized carbons (Fsp3) is 0.462. The summed E-state index contributed by atoms with van der Waals surface area (Å²) in [6.45, 7) is 5.35. The van der Waals surface area contributed by atoms with Gasteiger partial charge in [0, 0.05) is 12.6 Å². The van der Waals surface area contributed by atoms with E-state index in [9.17, 15) is 4.79 Å². The van der Waals surface area contributed by atoms with Crippen molar-refractivity contribution in [2.24, 2.45) is 0 Å². The molecule has 0 fully saturated rings. The third kappa shape index (κ3) is 4.45. The van der Waals surface area contributed by atoms with E-state index in [0.717, 1.165) is 6.42 Å². The van der Waals surface area contributed by atoms with Crippen molar-refractivity contribution in [2.75, 3.05) is 13.2 Å². The van der Waals surface area contributed by atoms with Gasteiger partial charge < -0.3 is 10.1 Å². The molecule has 0 unspecified atom stereocenters. The summed E-state index contributed by atoms with van der Waals surface area (Å²) in [6, 6.07) is 9.51. The van der Waals surface area contributed by atoms with Crippen molar-refractivity contribution in [1.29, 1.82) is 0 Å². The molecular formula is C13H19NO2.